The number of nitrogens with two attached hydrogens (primary N) is 1. The van der Waals surface area contributed by atoms with E-state index in [1.54, 1.807) is 7.11 Å². The molecule has 0 aromatic heterocycles. The van der Waals surface area contributed by atoms with E-state index in [-0.39, 0.29) is 30.8 Å². The van der Waals surface area contributed by atoms with Crippen molar-refractivity contribution in [2.75, 3.05) is 26.8 Å². The highest BCUT2D eigenvalue weighted by molar-refractivity contribution is 5.85. The number of carbonyl (C=O) groups excluding carboxylic acids is 1. The van der Waals surface area contributed by atoms with Gasteiger partial charge >= 0.3 is 0 Å². The molecule has 1 aromatic carbocycles. The van der Waals surface area contributed by atoms with Crippen LogP contribution in [0.25, 0.3) is 0 Å². The maximum absolute atomic E-state index is 11.5. The van der Waals surface area contributed by atoms with Crippen molar-refractivity contribution in [1.29, 1.82) is 0 Å². The van der Waals surface area contributed by atoms with Crippen LogP contribution in [-0.2, 0) is 9.53 Å². The van der Waals surface area contributed by atoms with Crippen LogP contribution in [0.15, 0.2) is 30.3 Å². The van der Waals surface area contributed by atoms with Gasteiger partial charge in [-0.25, -0.2) is 0 Å². The lowest BCUT2D eigenvalue weighted by atomic mass is 10.2. The molecule has 0 saturated carbocycles. The van der Waals surface area contributed by atoms with Gasteiger partial charge in [0.15, 0.2) is 0 Å². The number of benzene rings is 1. The highest BCUT2D eigenvalue weighted by Crippen LogP contribution is 2.07. The number of methoxy groups -OCH3 is 1. The Balaban J connectivity index is 0.00000324. The molecule has 0 bridgehead atoms. The third-order valence-corrected chi connectivity index (χ3v) is 2.45. The molecular weight excluding hydrogens is 268 g/mol. The Morgan fingerprint density at radius 1 is 1.37 bits per heavy atom. The van der Waals surface area contributed by atoms with Gasteiger partial charge in [-0.3, -0.25) is 4.79 Å². The predicted molar refractivity (Wildman–Crippen MR) is 76.7 cm³/mol. The molecule has 6 heteroatoms. The van der Waals surface area contributed by atoms with Gasteiger partial charge < -0.3 is 20.5 Å². The van der Waals surface area contributed by atoms with Crippen LogP contribution in [0.1, 0.15) is 6.42 Å². The SMILES string of the molecule is COC(CN)CC(=O)NCCOc1ccccc1.Cl. The van der Waals surface area contributed by atoms with Crippen molar-refractivity contribution in [3.63, 3.8) is 0 Å². The van der Waals surface area contributed by atoms with Gasteiger partial charge in [0.05, 0.1) is 19.1 Å². The molecule has 1 amide bonds. The number of hydrogen-bond donors (Lipinski definition) is 2. The second-order valence-corrected chi connectivity index (χ2v) is 3.81. The molecule has 1 unspecified atom stereocenters. The number of amides is 1. The third kappa shape index (κ3) is 7.66. The first-order valence-corrected chi connectivity index (χ1v) is 5.93. The molecule has 0 heterocycles. The van der Waals surface area contributed by atoms with Gasteiger partial charge in [0.2, 0.25) is 5.91 Å². The Morgan fingerprint density at radius 2 is 2.05 bits per heavy atom. The fourth-order valence-corrected chi connectivity index (χ4v) is 1.42. The van der Waals surface area contributed by atoms with Crippen LogP contribution in [0.4, 0.5) is 0 Å². The monoisotopic (exact) mass is 288 g/mol. The van der Waals surface area contributed by atoms with Crippen molar-refractivity contribution in [2.45, 2.75) is 12.5 Å². The van der Waals surface area contributed by atoms with Gasteiger partial charge in [-0.05, 0) is 12.1 Å². The van der Waals surface area contributed by atoms with Crippen molar-refractivity contribution >= 4 is 18.3 Å². The van der Waals surface area contributed by atoms with Crippen molar-refractivity contribution in [3.8, 4) is 5.75 Å². The maximum Gasteiger partial charge on any atom is 0.222 e. The summed E-state index contributed by atoms with van der Waals surface area (Å²) in [7, 11) is 1.54. The number of halogens is 1. The molecular formula is C13H21ClN2O3. The molecule has 1 atom stereocenters. The summed E-state index contributed by atoms with van der Waals surface area (Å²) in [6, 6.07) is 9.47. The Hall–Kier alpha value is -1.30. The highest BCUT2D eigenvalue weighted by atomic mass is 35.5. The summed E-state index contributed by atoms with van der Waals surface area (Å²) in [5.74, 6) is 0.715. The van der Waals surface area contributed by atoms with Gasteiger partial charge in [-0.1, -0.05) is 18.2 Å². The number of ether oxygens (including phenoxy) is 2. The van der Waals surface area contributed by atoms with E-state index in [0.717, 1.165) is 5.75 Å². The van der Waals surface area contributed by atoms with E-state index in [9.17, 15) is 4.79 Å². The van der Waals surface area contributed by atoms with E-state index in [4.69, 9.17) is 15.2 Å². The lowest BCUT2D eigenvalue weighted by Gasteiger charge is -2.12. The summed E-state index contributed by atoms with van der Waals surface area (Å²) in [5, 5.41) is 2.75. The van der Waals surface area contributed by atoms with Gasteiger partial charge in [-0.2, -0.15) is 0 Å². The number of nitrogens with one attached hydrogen (secondary N) is 1. The zero-order valence-electron chi connectivity index (χ0n) is 11.0. The van der Waals surface area contributed by atoms with E-state index in [1.807, 2.05) is 30.3 Å². The zero-order valence-corrected chi connectivity index (χ0v) is 11.8. The van der Waals surface area contributed by atoms with Crippen molar-refractivity contribution in [2.24, 2.45) is 5.73 Å². The number of rotatable bonds is 8. The van der Waals surface area contributed by atoms with Crippen molar-refractivity contribution < 1.29 is 14.3 Å². The van der Waals surface area contributed by atoms with Gasteiger partial charge in [0, 0.05) is 13.7 Å². The molecule has 0 radical (unpaired) electrons. The predicted octanol–water partition coefficient (Wildman–Crippen LogP) is 0.967. The summed E-state index contributed by atoms with van der Waals surface area (Å²) in [6.07, 6.45) is 0.0539. The first-order valence-electron chi connectivity index (χ1n) is 5.93. The van der Waals surface area contributed by atoms with E-state index in [1.165, 1.54) is 0 Å². The van der Waals surface area contributed by atoms with Crippen LogP contribution in [0.2, 0.25) is 0 Å². The Labute approximate surface area is 119 Å². The molecule has 19 heavy (non-hydrogen) atoms. The molecule has 1 aromatic rings. The Kier molecular flexibility index (Phi) is 9.88. The summed E-state index contributed by atoms with van der Waals surface area (Å²) >= 11 is 0. The third-order valence-electron chi connectivity index (χ3n) is 2.45. The zero-order chi connectivity index (χ0) is 13.2. The second kappa shape index (κ2) is 10.6. The van der Waals surface area contributed by atoms with Crippen molar-refractivity contribution in [3.05, 3.63) is 30.3 Å². The molecule has 0 saturated heterocycles. The Bertz CT molecular complexity index is 345. The normalized spacial score (nSPS) is 11.3. The number of carbonyl (C=O) groups is 1. The summed E-state index contributed by atoms with van der Waals surface area (Å²) in [6.45, 7) is 1.25. The number of hydrogen-bond acceptors (Lipinski definition) is 4. The molecule has 5 nitrogen and oxygen atoms in total. The summed E-state index contributed by atoms with van der Waals surface area (Å²) in [5.41, 5.74) is 5.43. The first kappa shape index (κ1) is 17.7. The average Bonchev–Trinajstić information content (AvgIpc) is 2.42. The fourth-order valence-electron chi connectivity index (χ4n) is 1.42. The average molecular weight is 289 g/mol. The molecule has 0 fully saturated rings. The minimum absolute atomic E-state index is 0. The van der Waals surface area contributed by atoms with E-state index >= 15 is 0 Å². The lowest BCUT2D eigenvalue weighted by Crippen LogP contribution is -2.34. The van der Waals surface area contributed by atoms with E-state index < -0.39 is 0 Å². The van der Waals surface area contributed by atoms with Crippen LogP contribution < -0.4 is 15.8 Å². The first-order chi connectivity index (χ1) is 8.76. The number of para-hydroxylation sites is 1. The van der Waals surface area contributed by atoms with Crippen LogP contribution in [0.5, 0.6) is 5.75 Å². The molecule has 1 rings (SSSR count). The molecule has 0 aliphatic rings. The van der Waals surface area contributed by atoms with Crippen LogP contribution in [0, 0.1) is 0 Å². The van der Waals surface area contributed by atoms with Gasteiger partial charge in [0.25, 0.3) is 0 Å². The summed E-state index contributed by atoms with van der Waals surface area (Å²) < 4.78 is 10.5. The van der Waals surface area contributed by atoms with Crippen LogP contribution in [0.3, 0.4) is 0 Å². The standard InChI is InChI=1S/C13H20N2O3.ClH/c1-17-12(10-14)9-13(16)15-7-8-18-11-5-3-2-4-6-11;/h2-6,12H,7-10,14H2,1H3,(H,15,16);1H. The molecule has 3 N–H and O–H groups in total. The second-order valence-electron chi connectivity index (χ2n) is 3.81. The van der Waals surface area contributed by atoms with Crippen LogP contribution in [-0.4, -0.2) is 38.8 Å². The molecule has 0 aliphatic carbocycles. The van der Waals surface area contributed by atoms with Gasteiger partial charge in [0.1, 0.15) is 12.4 Å². The van der Waals surface area contributed by atoms with Crippen LogP contribution >= 0.6 is 12.4 Å². The molecule has 108 valence electrons. The molecule has 0 spiro atoms. The molecule has 0 aliphatic heterocycles. The fraction of sp³-hybridized carbons (Fsp3) is 0.462. The lowest BCUT2D eigenvalue weighted by molar-refractivity contribution is -0.123. The highest BCUT2D eigenvalue weighted by Gasteiger charge is 2.10. The maximum atomic E-state index is 11.5. The minimum Gasteiger partial charge on any atom is -0.492 e. The largest absolute Gasteiger partial charge is 0.492 e. The topological polar surface area (TPSA) is 73.6 Å². The summed E-state index contributed by atoms with van der Waals surface area (Å²) in [4.78, 5) is 11.5. The van der Waals surface area contributed by atoms with Crippen molar-refractivity contribution in [1.82, 2.24) is 5.32 Å². The smallest absolute Gasteiger partial charge is 0.222 e. The van der Waals surface area contributed by atoms with E-state index in [0.29, 0.717) is 19.7 Å². The van der Waals surface area contributed by atoms with E-state index in [2.05, 4.69) is 5.32 Å². The Morgan fingerprint density at radius 3 is 2.63 bits per heavy atom. The quantitative estimate of drug-likeness (QED) is 0.699. The van der Waals surface area contributed by atoms with Gasteiger partial charge in [-0.15, -0.1) is 12.4 Å². The minimum atomic E-state index is -0.222.